The standard InChI is InChI=1S/C51H27N3O3/c1-4-16-31-28(13-1)25-37(43-34-19-7-10-22-40(34)55-46(31)43)49-52-50(38-26-29-14-2-5-17-32(29)47-44(38)35-20-8-11-23-41(35)56-47)54-51(53-49)39-27-30-15-3-6-18-33(30)48-45(39)36-21-9-12-24-42(36)57-48/h1-27H/i1D,2D,3D,13D,14D,15D,16D,17D,18D,19D,20D,21D,22D,23D,24D,25D,26D,27D. The molecule has 0 aliphatic rings. The van der Waals surface area contributed by atoms with Gasteiger partial charge < -0.3 is 13.3 Å². The molecule has 6 heteroatoms. The van der Waals surface area contributed by atoms with Crippen LogP contribution in [0.15, 0.2) is 177 Å². The first kappa shape index (κ1) is 18.2. The van der Waals surface area contributed by atoms with Crippen LogP contribution in [0.2, 0.25) is 0 Å². The molecule has 0 aliphatic carbocycles. The third-order valence-corrected chi connectivity index (χ3v) is 10.00. The van der Waals surface area contributed by atoms with Gasteiger partial charge in [-0.05, 0) is 52.4 Å². The largest absolute Gasteiger partial charge is 0.455 e. The first-order valence-corrected chi connectivity index (χ1v) is 17.5. The molecule has 0 fully saturated rings. The molecule has 0 atom stereocenters. The number of benzene rings is 9. The van der Waals surface area contributed by atoms with Crippen LogP contribution in [0.1, 0.15) is 24.7 Å². The van der Waals surface area contributed by atoms with Gasteiger partial charge in [-0.2, -0.15) is 0 Å². The summed E-state index contributed by atoms with van der Waals surface area (Å²) in [6.45, 7) is 0. The van der Waals surface area contributed by atoms with Crippen molar-refractivity contribution in [1.82, 2.24) is 15.0 Å². The second kappa shape index (κ2) is 11.4. The molecule has 0 aliphatic heterocycles. The molecule has 0 unspecified atom stereocenters. The predicted molar refractivity (Wildman–Crippen MR) is 230 cm³/mol. The lowest BCUT2D eigenvalue weighted by molar-refractivity contribution is 0.672. The molecule has 0 bridgehead atoms. The van der Waals surface area contributed by atoms with Crippen molar-refractivity contribution in [3.8, 4) is 34.2 Å². The van der Waals surface area contributed by atoms with E-state index in [1.165, 1.54) is 36.4 Å². The molecule has 57 heavy (non-hydrogen) atoms. The van der Waals surface area contributed by atoms with Gasteiger partial charge in [0.15, 0.2) is 17.5 Å². The van der Waals surface area contributed by atoms with Crippen LogP contribution in [0.25, 0.3) is 132 Å². The zero-order valence-corrected chi connectivity index (χ0v) is 28.8. The minimum Gasteiger partial charge on any atom is -0.455 e. The fourth-order valence-corrected chi connectivity index (χ4v) is 7.63. The zero-order chi connectivity index (χ0) is 52.9. The Morgan fingerprint density at radius 1 is 0.333 bits per heavy atom. The van der Waals surface area contributed by atoms with Crippen molar-refractivity contribution < 1.29 is 37.9 Å². The number of hydrogen-bond acceptors (Lipinski definition) is 6. The first-order valence-electron chi connectivity index (χ1n) is 26.5. The maximum atomic E-state index is 10.00. The summed E-state index contributed by atoms with van der Waals surface area (Å²) in [7, 11) is 0. The van der Waals surface area contributed by atoms with Gasteiger partial charge in [0.25, 0.3) is 0 Å². The third-order valence-electron chi connectivity index (χ3n) is 10.00. The van der Waals surface area contributed by atoms with E-state index in [-0.39, 0.29) is 169 Å². The van der Waals surface area contributed by atoms with E-state index in [1.54, 1.807) is 0 Å². The van der Waals surface area contributed by atoms with Crippen LogP contribution in [0.4, 0.5) is 0 Å². The minimum atomic E-state index is -0.574. The van der Waals surface area contributed by atoms with E-state index in [2.05, 4.69) is 0 Å². The Hall–Kier alpha value is -7.83. The molecule has 0 saturated heterocycles. The number of para-hydroxylation sites is 3. The molecule has 13 rings (SSSR count). The van der Waals surface area contributed by atoms with Crippen LogP contribution in [-0.2, 0) is 0 Å². The van der Waals surface area contributed by atoms with Crippen LogP contribution < -0.4 is 0 Å². The highest BCUT2D eigenvalue weighted by molar-refractivity contribution is 6.24. The fourth-order valence-electron chi connectivity index (χ4n) is 7.63. The Kier molecular flexibility index (Phi) is 3.62. The monoisotopic (exact) mass is 747 g/mol. The summed E-state index contributed by atoms with van der Waals surface area (Å²) in [5, 5.41) is -1.65. The first-order chi connectivity index (χ1) is 35.7. The van der Waals surface area contributed by atoms with Crippen molar-refractivity contribution in [1.29, 1.82) is 0 Å². The number of rotatable bonds is 3. The van der Waals surface area contributed by atoms with E-state index >= 15 is 0 Å². The summed E-state index contributed by atoms with van der Waals surface area (Å²) in [6.07, 6.45) is 0. The van der Waals surface area contributed by atoms with Crippen LogP contribution in [0.3, 0.4) is 0 Å². The molecule has 4 heterocycles. The van der Waals surface area contributed by atoms with Gasteiger partial charge in [0.1, 0.15) is 33.5 Å². The molecule has 4 aromatic heterocycles. The average Bonchev–Trinajstić information content (AvgIpc) is 4.12. The number of nitrogens with zero attached hydrogens (tertiary/aromatic N) is 3. The summed E-state index contributed by atoms with van der Waals surface area (Å²) in [5.41, 5.74) is -2.02. The average molecular weight is 748 g/mol. The second-order valence-electron chi connectivity index (χ2n) is 13.1. The van der Waals surface area contributed by atoms with Crippen LogP contribution >= 0.6 is 0 Å². The maximum Gasteiger partial charge on any atom is 0.164 e. The normalized spacial score (nSPS) is 16.6. The van der Waals surface area contributed by atoms with Crippen molar-refractivity contribution in [3.63, 3.8) is 0 Å². The lowest BCUT2D eigenvalue weighted by atomic mass is 9.97. The quantitative estimate of drug-likeness (QED) is 0.179. The van der Waals surface area contributed by atoms with E-state index < -0.39 is 71.9 Å². The molecular formula is C51H27N3O3. The zero-order valence-electron chi connectivity index (χ0n) is 46.8. The van der Waals surface area contributed by atoms with E-state index in [4.69, 9.17) is 48.8 Å². The lowest BCUT2D eigenvalue weighted by Crippen LogP contribution is -2.01. The summed E-state index contributed by atoms with van der Waals surface area (Å²) >= 11 is 0. The Bertz CT molecular complexity index is 4400. The summed E-state index contributed by atoms with van der Waals surface area (Å²) in [4.78, 5) is 14.8. The van der Waals surface area contributed by atoms with E-state index in [0.29, 0.717) is 0 Å². The minimum absolute atomic E-state index is 0.0456. The lowest BCUT2D eigenvalue weighted by Gasteiger charge is -2.13. The number of hydrogen-bond donors (Lipinski definition) is 0. The molecular weight excluding hydrogens is 703 g/mol. The van der Waals surface area contributed by atoms with E-state index in [0.717, 1.165) is 18.2 Å². The molecule has 9 aromatic carbocycles. The molecule has 0 saturated carbocycles. The van der Waals surface area contributed by atoms with Crippen molar-refractivity contribution in [2.75, 3.05) is 0 Å². The van der Waals surface area contributed by atoms with Gasteiger partial charge in [0, 0.05) is 65.2 Å². The highest BCUT2D eigenvalue weighted by Gasteiger charge is 2.25. The van der Waals surface area contributed by atoms with E-state index in [1.807, 2.05) is 0 Å². The summed E-state index contributed by atoms with van der Waals surface area (Å²) in [5.74, 6) is -1.56. The van der Waals surface area contributed by atoms with Gasteiger partial charge in [0.2, 0.25) is 0 Å². The van der Waals surface area contributed by atoms with E-state index in [9.17, 15) is 4.11 Å². The second-order valence-corrected chi connectivity index (χ2v) is 13.1. The Balaban J connectivity index is 1.33. The smallest absolute Gasteiger partial charge is 0.164 e. The van der Waals surface area contributed by atoms with Crippen LogP contribution in [-0.4, -0.2) is 15.0 Å². The van der Waals surface area contributed by atoms with Gasteiger partial charge in [-0.1, -0.05) is 127 Å². The van der Waals surface area contributed by atoms with Crippen molar-refractivity contribution in [3.05, 3.63) is 163 Å². The van der Waals surface area contributed by atoms with Crippen molar-refractivity contribution in [2.45, 2.75) is 0 Å². The van der Waals surface area contributed by atoms with Gasteiger partial charge in [-0.15, -0.1) is 0 Å². The Morgan fingerprint density at radius 3 is 0.965 bits per heavy atom. The van der Waals surface area contributed by atoms with Gasteiger partial charge in [-0.3, -0.25) is 0 Å². The third kappa shape index (κ3) is 4.32. The van der Waals surface area contributed by atoms with Gasteiger partial charge >= 0.3 is 0 Å². The highest BCUT2D eigenvalue weighted by atomic mass is 16.3. The summed E-state index contributed by atoms with van der Waals surface area (Å²) < 4.78 is 184. The predicted octanol–water partition coefficient (Wildman–Crippen LogP) is 14.0. The molecule has 0 radical (unpaired) electrons. The topological polar surface area (TPSA) is 78.1 Å². The Labute approximate surface area is 348 Å². The van der Waals surface area contributed by atoms with Crippen LogP contribution in [0, 0.1) is 0 Å². The molecule has 0 spiro atoms. The fraction of sp³-hybridized carbons (Fsp3) is 0. The number of aromatic nitrogens is 3. The SMILES string of the molecule is [2H]c1cc([2H])c2c(c1[2H])c([2H])c(-c1nc(-c3c([2H])c4c([2H])c([2H])cc([2H])c4c4oc5c([2H])ccc([2H])c5c34)nc(-c3c([2H])c4c([2H])c([2H])cc([2H])c4c4oc5c([2H])ccc([2H])c5c34)n1)c1c2oc2c([2H])ccc([2H])c21. The van der Waals surface area contributed by atoms with Crippen molar-refractivity contribution >= 4 is 98.1 Å². The van der Waals surface area contributed by atoms with Crippen LogP contribution in [0.5, 0.6) is 0 Å². The van der Waals surface area contributed by atoms with Gasteiger partial charge in [-0.25, -0.2) is 15.0 Å². The highest BCUT2D eigenvalue weighted by Crippen LogP contribution is 2.45. The summed E-state index contributed by atoms with van der Waals surface area (Å²) in [6, 6.07) is 4.27. The molecule has 0 N–H and O–H groups in total. The molecule has 6 nitrogen and oxygen atoms in total. The molecule has 13 aromatic rings. The number of furan rings is 3. The molecule has 264 valence electrons. The van der Waals surface area contributed by atoms with Gasteiger partial charge in [0.05, 0.1) is 24.7 Å². The van der Waals surface area contributed by atoms with Crippen molar-refractivity contribution in [2.24, 2.45) is 0 Å². The maximum absolute atomic E-state index is 10.00. The Morgan fingerprint density at radius 2 is 0.632 bits per heavy atom. The number of fused-ring (bicyclic) bond motifs is 15. The molecule has 0 amide bonds.